The summed E-state index contributed by atoms with van der Waals surface area (Å²) in [5, 5.41) is 11.3. The van der Waals surface area contributed by atoms with Gasteiger partial charge in [-0.3, -0.25) is 9.59 Å². The Morgan fingerprint density at radius 1 is 1.11 bits per heavy atom. The first-order valence-corrected chi connectivity index (χ1v) is 9.68. The van der Waals surface area contributed by atoms with Gasteiger partial charge in [0.15, 0.2) is 11.4 Å². The van der Waals surface area contributed by atoms with Gasteiger partial charge in [0.2, 0.25) is 0 Å². The average Bonchev–Trinajstić information content (AvgIpc) is 3.20. The Kier molecular flexibility index (Phi) is 4.61. The number of carbonyl (C=O) groups is 2. The molecule has 0 saturated heterocycles. The molecule has 1 aromatic heterocycles. The minimum Gasteiger partial charge on any atom is -0.375 e. The molecule has 4 nitrogen and oxygen atoms in total. The molecule has 3 aromatic rings. The number of thiophene rings is 1. The van der Waals surface area contributed by atoms with Crippen LogP contribution in [0.5, 0.6) is 0 Å². The standard InChI is InChI=1S/C22H18FNO3S/c1-14-6-11-20(28-14)19(25)12-22(27)17-4-2-3-5-18(17)24(21(22)26)13-15-7-9-16(23)10-8-15/h2-11,27H,12-13H2,1H3/t22-/m1/s1. The number of aliphatic hydroxyl groups is 1. The summed E-state index contributed by atoms with van der Waals surface area (Å²) in [6.45, 7) is 2.08. The van der Waals surface area contributed by atoms with Crippen molar-refractivity contribution in [3.8, 4) is 0 Å². The zero-order chi connectivity index (χ0) is 19.9. The number of rotatable bonds is 5. The van der Waals surface area contributed by atoms with Crippen LogP contribution in [0.1, 0.15) is 32.1 Å². The van der Waals surface area contributed by atoms with Crippen LogP contribution < -0.4 is 4.90 Å². The van der Waals surface area contributed by atoms with E-state index in [2.05, 4.69) is 0 Å². The molecule has 0 bridgehead atoms. The van der Waals surface area contributed by atoms with Crippen molar-refractivity contribution in [1.82, 2.24) is 0 Å². The van der Waals surface area contributed by atoms with Crippen molar-refractivity contribution in [2.75, 3.05) is 4.90 Å². The molecule has 2 heterocycles. The Morgan fingerprint density at radius 3 is 2.50 bits per heavy atom. The lowest BCUT2D eigenvalue weighted by Gasteiger charge is -2.22. The molecule has 1 amide bonds. The Balaban J connectivity index is 1.67. The molecule has 1 aliphatic heterocycles. The van der Waals surface area contributed by atoms with Crippen molar-refractivity contribution in [2.24, 2.45) is 0 Å². The first-order chi connectivity index (χ1) is 13.4. The third-order valence-corrected chi connectivity index (χ3v) is 5.97. The van der Waals surface area contributed by atoms with Gasteiger partial charge in [0.25, 0.3) is 5.91 Å². The normalized spacial score (nSPS) is 18.4. The molecule has 0 spiro atoms. The van der Waals surface area contributed by atoms with Gasteiger partial charge in [-0.05, 0) is 42.8 Å². The summed E-state index contributed by atoms with van der Waals surface area (Å²) < 4.78 is 13.2. The van der Waals surface area contributed by atoms with E-state index in [-0.39, 0.29) is 24.6 Å². The number of amides is 1. The number of benzene rings is 2. The van der Waals surface area contributed by atoms with Crippen molar-refractivity contribution in [3.05, 3.63) is 87.4 Å². The number of anilines is 1. The number of hydrogen-bond acceptors (Lipinski definition) is 4. The highest BCUT2D eigenvalue weighted by atomic mass is 32.1. The second-order valence-corrected chi connectivity index (χ2v) is 8.19. The van der Waals surface area contributed by atoms with Crippen LogP contribution in [0.2, 0.25) is 0 Å². The van der Waals surface area contributed by atoms with E-state index in [0.29, 0.717) is 16.1 Å². The van der Waals surface area contributed by atoms with E-state index in [1.54, 1.807) is 42.5 Å². The highest BCUT2D eigenvalue weighted by Gasteiger charge is 2.50. The maximum absolute atomic E-state index is 13.2. The van der Waals surface area contributed by atoms with Gasteiger partial charge in [0.1, 0.15) is 5.82 Å². The smallest absolute Gasteiger partial charge is 0.264 e. The zero-order valence-corrected chi connectivity index (χ0v) is 16.0. The minimum absolute atomic E-state index is 0.185. The fourth-order valence-electron chi connectivity index (χ4n) is 3.51. The largest absolute Gasteiger partial charge is 0.375 e. The summed E-state index contributed by atoms with van der Waals surface area (Å²) in [5.74, 6) is -1.17. The lowest BCUT2D eigenvalue weighted by molar-refractivity contribution is -0.136. The summed E-state index contributed by atoms with van der Waals surface area (Å²) in [7, 11) is 0. The second kappa shape index (κ2) is 6.96. The van der Waals surface area contributed by atoms with Crippen LogP contribution in [0.15, 0.2) is 60.7 Å². The molecule has 1 N–H and O–H groups in total. The molecule has 1 aliphatic rings. The zero-order valence-electron chi connectivity index (χ0n) is 15.2. The van der Waals surface area contributed by atoms with Crippen LogP contribution in [0.3, 0.4) is 0 Å². The first-order valence-electron chi connectivity index (χ1n) is 8.86. The third kappa shape index (κ3) is 3.15. The molecule has 2 aromatic carbocycles. The highest BCUT2D eigenvalue weighted by Crippen LogP contribution is 2.43. The topological polar surface area (TPSA) is 57.6 Å². The molecule has 0 saturated carbocycles. The maximum atomic E-state index is 13.2. The number of Topliss-reactive ketones (excluding diaryl/α,β-unsaturated/α-hetero) is 1. The van der Waals surface area contributed by atoms with E-state index in [1.807, 2.05) is 13.0 Å². The van der Waals surface area contributed by atoms with Crippen LogP contribution in [-0.2, 0) is 16.9 Å². The average molecular weight is 395 g/mol. The van der Waals surface area contributed by atoms with Gasteiger partial charge in [0, 0.05) is 10.4 Å². The first kappa shape index (κ1) is 18.5. The number of para-hydroxylation sites is 1. The molecule has 142 valence electrons. The quantitative estimate of drug-likeness (QED) is 0.659. The molecule has 4 rings (SSSR count). The van der Waals surface area contributed by atoms with E-state index >= 15 is 0 Å². The van der Waals surface area contributed by atoms with E-state index in [0.717, 1.165) is 10.4 Å². The number of halogens is 1. The number of hydrogen-bond donors (Lipinski definition) is 1. The third-order valence-electron chi connectivity index (χ3n) is 4.92. The molecular weight excluding hydrogens is 377 g/mol. The number of nitrogens with zero attached hydrogens (tertiary/aromatic N) is 1. The molecule has 0 radical (unpaired) electrons. The fourth-order valence-corrected chi connectivity index (χ4v) is 4.32. The molecule has 6 heteroatoms. The Labute approximate surface area is 165 Å². The summed E-state index contributed by atoms with van der Waals surface area (Å²) >= 11 is 1.34. The Hall–Kier alpha value is -2.83. The summed E-state index contributed by atoms with van der Waals surface area (Å²) in [4.78, 5) is 28.9. The SMILES string of the molecule is Cc1ccc(C(=O)C[C@]2(O)C(=O)N(Cc3ccc(F)cc3)c3ccccc32)s1. The van der Waals surface area contributed by atoms with E-state index in [9.17, 15) is 19.1 Å². The van der Waals surface area contributed by atoms with E-state index in [1.165, 1.54) is 28.4 Å². The number of aryl methyl sites for hydroxylation is 1. The van der Waals surface area contributed by atoms with Crippen molar-refractivity contribution in [3.63, 3.8) is 0 Å². The van der Waals surface area contributed by atoms with Crippen molar-refractivity contribution >= 4 is 28.7 Å². The minimum atomic E-state index is -1.91. The molecule has 0 aliphatic carbocycles. The van der Waals surface area contributed by atoms with Crippen LogP contribution in [-0.4, -0.2) is 16.8 Å². The predicted molar refractivity (Wildman–Crippen MR) is 106 cm³/mol. The maximum Gasteiger partial charge on any atom is 0.264 e. The lowest BCUT2D eigenvalue weighted by atomic mass is 9.89. The van der Waals surface area contributed by atoms with Crippen molar-refractivity contribution in [1.29, 1.82) is 0 Å². The van der Waals surface area contributed by atoms with Crippen LogP contribution in [0.4, 0.5) is 10.1 Å². The van der Waals surface area contributed by atoms with Crippen molar-refractivity contribution in [2.45, 2.75) is 25.5 Å². The second-order valence-electron chi connectivity index (χ2n) is 6.91. The molecule has 28 heavy (non-hydrogen) atoms. The van der Waals surface area contributed by atoms with Crippen LogP contribution in [0, 0.1) is 12.7 Å². The molecule has 0 fully saturated rings. The van der Waals surface area contributed by atoms with E-state index < -0.39 is 11.5 Å². The van der Waals surface area contributed by atoms with Gasteiger partial charge in [-0.1, -0.05) is 30.3 Å². The Bertz CT molecular complexity index is 1060. The number of ketones is 1. The molecule has 1 atom stereocenters. The van der Waals surface area contributed by atoms with Gasteiger partial charge in [0.05, 0.1) is 23.5 Å². The van der Waals surface area contributed by atoms with Crippen LogP contribution in [0.25, 0.3) is 0 Å². The molecular formula is C22H18FNO3S. The predicted octanol–water partition coefficient (Wildman–Crippen LogP) is 4.20. The van der Waals surface area contributed by atoms with Gasteiger partial charge in [-0.2, -0.15) is 0 Å². The molecule has 0 unspecified atom stereocenters. The monoisotopic (exact) mass is 395 g/mol. The van der Waals surface area contributed by atoms with Gasteiger partial charge < -0.3 is 10.0 Å². The van der Waals surface area contributed by atoms with Crippen molar-refractivity contribution < 1.29 is 19.1 Å². The van der Waals surface area contributed by atoms with Crippen LogP contribution >= 0.6 is 11.3 Å². The highest BCUT2D eigenvalue weighted by molar-refractivity contribution is 7.14. The van der Waals surface area contributed by atoms with Gasteiger partial charge in [-0.25, -0.2) is 4.39 Å². The fraction of sp³-hybridized carbons (Fsp3) is 0.182. The van der Waals surface area contributed by atoms with Gasteiger partial charge in [-0.15, -0.1) is 11.3 Å². The Morgan fingerprint density at radius 2 is 1.82 bits per heavy atom. The summed E-state index contributed by atoms with van der Waals surface area (Å²) in [6, 6.07) is 16.3. The number of fused-ring (bicyclic) bond motifs is 1. The van der Waals surface area contributed by atoms with Gasteiger partial charge >= 0.3 is 0 Å². The van der Waals surface area contributed by atoms with E-state index in [4.69, 9.17) is 0 Å². The summed E-state index contributed by atoms with van der Waals surface area (Å²) in [5.41, 5.74) is -0.196. The summed E-state index contributed by atoms with van der Waals surface area (Å²) in [6.07, 6.45) is -0.317. The number of carbonyl (C=O) groups excluding carboxylic acids is 2. The lowest BCUT2D eigenvalue weighted by Crippen LogP contribution is -2.41.